The van der Waals surface area contributed by atoms with Gasteiger partial charge < -0.3 is 0 Å². The molecule has 2 aliphatic carbocycles. The van der Waals surface area contributed by atoms with Crippen LogP contribution in [0.15, 0.2) is 48.6 Å². The second-order valence-corrected chi connectivity index (χ2v) is 2.94. The summed E-state index contributed by atoms with van der Waals surface area (Å²) in [5.74, 6) is -0.483. The van der Waals surface area contributed by atoms with Gasteiger partial charge in [-0.1, -0.05) is 0 Å². The van der Waals surface area contributed by atoms with Crippen LogP contribution < -0.4 is 0 Å². The summed E-state index contributed by atoms with van der Waals surface area (Å²) in [4.78, 5) is 41.1. The molecule has 0 atom stereocenters. The Morgan fingerprint density at radius 2 is 0.562 bits per heavy atom. The van der Waals surface area contributed by atoms with Gasteiger partial charge in [-0.25, -0.2) is 0 Å². The van der Waals surface area contributed by atoms with Crippen LogP contribution in [0, 0.1) is 0 Å². The first-order valence-electron chi connectivity index (χ1n) is 4.46. The first kappa shape index (κ1) is 11.7. The molecule has 0 unspecified atom stereocenters. The van der Waals surface area contributed by atoms with Gasteiger partial charge in [0.05, 0.1) is 0 Å². The molecule has 4 heteroatoms. The molecule has 0 saturated heterocycles. The molecule has 2 rings (SSSR count). The summed E-state index contributed by atoms with van der Waals surface area (Å²) in [6.07, 6.45) is 10.0. The summed E-state index contributed by atoms with van der Waals surface area (Å²) < 4.78 is 0. The Hall–Kier alpha value is -2.36. The average Bonchev–Trinajstić information content (AvgIpc) is 2.28. The number of rotatable bonds is 0. The zero-order valence-electron chi connectivity index (χ0n) is 9.25. The van der Waals surface area contributed by atoms with E-state index in [1.165, 1.54) is 48.6 Å². The fourth-order valence-electron chi connectivity index (χ4n) is 0.879. The monoisotopic (exact) mass is 217 g/mol. The van der Waals surface area contributed by atoms with Gasteiger partial charge in [0, 0.05) is 0 Å². The highest BCUT2D eigenvalue weighted by molar-refractivity contribution is 6.14. The summed E-state index contributed by atoms with van der Waals surface area (Å²) in [5, 5.41) is 0. The minimum atomic E-state index is -0.121. The molecule has 0 aromatic heterocycles. The van der Waals surface area contributed by atoms with Gasteiger partial charge in [0.2, 0.25) is 0 Å². The summed E-state index contributed by atoms with van der Waals surface area (Å²) in [5.41, 5.74) is 0. The van der Waals surface area contributed by atoms with Gasteiger partial charge >= 0.3 is 1.43 Å². The van der Waals surface area contributed by atoms with Crippen molar-refractivity contribution in [1.29, 1.82) is 0 Å². The smallest absolute Gasteiger partial charge is 0.290 e. The van der Waals surface area contributed by atoms with E-state index >= 15 is 0 Å². The van der Waals surface area contributed by atoms with Crippen LogP contribution in [0.4, 0.5) is 0 Å². The molecule has 0 N–H and O–H groups in total. The molecule has 0 spiro atoms. The molecule has 0 bridgehead atoms. The van der Waals surface area contributed by atoms with Crippen molar-refractivity contribution in [3.8, 4) is 0 Å². The van der Waals surface area contributed by atoms with Gasteiger partial charge in [-0.15, -0.1) is 0 Å². The topological polar surface area (TPSA) is 68.3 Å². The van der Waals surface area contributed by atoms with E-state index in [2.05, 4.69) is 0 Å². The van der Waals surface area contributed by atoms with Gasteiger partial charge in [0.25, 0.3) is 0 Å². The Morgan fingerprint density at radius 3 is 0.688 bits per heavy atom. The maximum Gasteiger partial charge on any atom is 1.00 e. The lowest BCUT2D eigenvalue weighted by atomic mass is 10.2. The van der Waals surface area contributed by atoms with E-state index in [9.17, 15) is 19.2 Å². The minimum Gasteiger partial charge on any atom is -0.290 e. The fourth-order valence-corrected chi connectivity index (χ4v) is 0.879. The van der Waals surface area contributed by atoms with Crippen molar-refractivity contribution in [1.82, 2.24) is 0 Å². The van der Waals surface area contributed by atoms with Crippen molar-refractivity contribution < 1.29 is 20.6 Å². The maximum absolute atomic E-state index is 10.3. The number of carbonyl (C=O) groups excluding carboxylic acids is 4. The van der Waals surface area contributed by atoms with Crippen molar-refractivity contribution in [3.05, 3.63) is 48.6 Å². The SMILES string of the molecule is O=C1C=CC(=O)C=C1.O=C1C=CC(=O)C=C1.[H+]. The molecule has 0 saturated carbocycles. The van der Waals surface area contributed by atoms with Crippen LogP contribution in [0.2, 0.25) is 0 Å². The first-order valence-corrected chi connectivity index (χ1v) is 4.46. The van der Waals surface area contributed by atoms with E-state index in [-0.39, 0.29) is 24.6 Å². The fraction of sp³-hybridized carbons (Fsp3) is 0. The second kappa shape index (κ2) is 5.50. The molecule has 80 valence electrons. The summed E-state index contributed by atoms with van der Waals surface area (Å²) in [6, 6.07) is 0. The normalized spacial score (nSPS) is 17.5. The van der Waals surface area contributed by atoms with Gasteiger partial charge in [0.15, 0.2) is 23.1 Å². The molecule has 0 radical (unpaired) electrons. The summed E-state index contributed by atoms with van der Waals surface area (Å²) in [7, 11) is 0. The zero-order valence-corrected chi connectivity index (χ0v) is 8.25. The molecule has 2 aliphatic rings. The van der Waals surface area contributed by atoms with Crippen LogP contribution in [-0.2, 0) is 19.2 Å². The number of carbonyl (C=O) groups is 4. The molecule has 0 aliphatic heterocycles. The Bertz CT molecular complexity index is 347. The molecule has 0 fully saturated rings. The maximum atomic E-state index is 10.3. The Labute approximate surface area is 93.1 Å². The van der Waals surface area contributed by atoms with Crippen molar-refractivity contribution in [2.24, 2.45) is 0 Å². The predicted octanol–water partition coefficient (Wildman–Crippen LogP) is 0.614. The van der Waals surface area contributed by atoms with Crippen molar-refractivity contribution in [2.45, 2.75) is 0 Å². The van der Waals surface area contributed by atoms with E-state index in [0.717, 1.165) is 0 Å². The molecular weight excluding hydrogens is 208 g/mol. The van der Waals surface area contributed by atoms with Crippen LogP contribution in [0.25, 0.3) is 0 Å². The third kappa shape index (κ3) is 4.23. The van der Waals surface area contributed by atoms with Gasteiger partial charge in [-0.3, -0.25) is 19.2 Å². The van der Waals surface area contributed by atoms with E-state index in [1.807, 2.05) is 0 Å². The lowest BCUT2D eigenvalue weighted by Crippen LogP contribution is -1.97. The molecule has 0 aromatic carbocycles. The van der Waals surface area contributed by atoms with Crippen molar-refractivity contribution in [2.75, 3.05) is 0 Å². The molecule has 4 nitrogen and oxygen atoms in total. The highest BCUT2D eigenvalue weighted by Gasteiger charge is 1.98. The summed E-state index contributed by atoms with van der Waals surface area (Å²) in [6.45, 7) is 0. The number of allylic oxidation sites excluding steroid dienone is 8. The molecular formula is C12H9O4+. The molecule has 0 heterocycles. The standard InChI is InChI=1S/2C6H4O2/c2*7-5-1-2-6(8)4-3-5/h2*1-4H/p+1. The van der Waals surface area contributed by atoms with Gasteiger partial charge in [-0.05, 0) is 48.6 Å². The van der Waals surface area contributed by atoms with Crippen LogP contribution in [-0.4, -0.2) is 23.1 Å². The van der Waals surface area contributed by atoms with E-state index < -0.39 is 0 Å². The predicted molar refractivity (Wildman–Crippen MR) is 57.7 cm³/mol. The Balaban J connectivity index is 0.000000284. The van der Waals surface area contributed by atoms with E-state index in [4.69, 9.17) is 0 Å². The number of ketones is 4. The van der Waals surface area contributed by atoms with Gasteiger partial charge in [-0.2, -0.15) is 0 Å². The third-order valence-electron chi connectivity index (χ3n) is 1.65. The quantitative estimate of drug-likeness (QED) is 0.557. The molecule has 16 heavy (non-hydrogen) atoms. The van der Waals surface area contributed by atoms with Crippen molar-refractivity contribution in [3.63, 3.8) is 0 Å². The van der Waals surface area contributed by atoms with Crippen molar-refractivity contribution >= 4 is 23.1 Å². The molecule has 0 amide bonds. The average molecular weight is 217 g/mol. The zero-order chi connectivity index (χ0) is 12.0. The lowest BCUT2D eigenvalue weighted by Gasteiger charge is -1.87. The largest absolute Gasteiger partial charge is 1.00 e. The van der Waals surface area contributed by atoms with Gasteiger partial charge in [0.1, 0.15) is 0 Å². The number of hydrogen-bond donors (Lipinski definition) is 0. The van der Waals surface area contributed by atoms with Crippen LogP contribution >= 0.6 is 0 Å². The van der Waals surface area contributed by atoms with Crippen LogP contribution in [0.1, 0.15) is 1.43 Å². The second-order valence-electron chi connectivity index (χ2n) is 2.94. The van der Waals surface area contributed by atoms with Crippen LogP contribution in [0.5, 0.6) is 0 Å². The Morgan fingerprint density at radius 1 is 0.438 bits per heavy atom. The first-order chi connectivity index (χ1) is 7.58. The molecule has 0 aromatic rings. The lowest BCUT2D eigenvalue weighted by molar-refractivity contribution is -0.113. The summed E-state index contributed by atoms with van der Waals surface area (Å²) >= 11 is 0. The highest BCUT2D eigenvalue weighted by atomic mass is 16.1. The minimum absolute atomic E-state index is 0. The van der Waals surface area contributed by atoms with Crippen LogP contribution in [0.3, 0.4) is 0 Å². The highest BCUT2D eigenvalue weighted by Crippen LogP contribution is 1.91. The number of hydrogen-bond acceptors (Lipinski definition) is 4. The third-order valence-corrected chi connectivity index (χ3v) is 1.65. The van der Waals surface area contributed by atoms with E-state index in [0.29, 0.717) is 0 Å². The Kier molecular flexibility index (Phi) is 4.03. The van der Waals surface area contributed by atoms with E-state index in [1.54, 1.807) is 0 Å².